The van der Waals surface area contributed by atoms with Gasteiger partial charge in [-0.25, -0.2) is 0 Å². The number of benzene rings is 1. The van der Waals surface area contributed by atoms with Gasteiger partial charge in [-0.1, -0.05) is 19.1 Å². The quantitative estimate of drug-likeness (QED) is 0.828. The lowest BCUT2D eigenvalue weighted by molar-refractivity contribution is -0.140. The van der Waals surface area contributed by atoms with Crippen molar-refractivity contribution in [2.45, 2.75) is 38.1 Å². The number of nitrogens with one attached hydrogen (secondary N) is 1. The number of piperidine rings is 1. The minimum Gasteiger partial charge on any atom is -0.497 e. The van der Waals surface area contributed by atoms with Crippen LogP contribution in [-0.2, 0) is 9.59 Å². The van der Waals surface area contributed by atoms with Crippen molar-refractivity contribution < 1.29 is 14.3 Å². The summed E-state index contributed by atoms with van der Waals surface area (Å²) >= 11 is 0. The van der Waals surface area contributed by atoms with Crippen molar-refractivity contribution in [3.8, 4) is 5.75 Å². The molecule has 2 saturated heterocycles. The fraction of sp³-hybridized carbons (Fsp3) is 0.600. The molecule has 27 heavy (non-hydrogen) atoms. The number of rotatable bonds is 5. The first-order valence-corrected chi connectivity index (χ1v) is 9.50. The summed E-state index contributed by atoms with van der Waals surface area (Å²) in [7, 11) is 1.65. The molecular weight excluding hydrogens is 366 g/mol. The first-order valence-electron chi connectivity index (χ1n) is 9.50. The van der Waals surface area contributed by atoms with Gasteiger partial charge in [0.05, 0.1) is 13.7 Å². The Morgan fingerprint density at radius 1 is 1.37 bits per heavy atom. The van der Waals surface area contributed by atoms with Crippen molar-refractivity contribution in [2.75, 3.05) is 39.8 Å². The van der Waals surface area contributed by atoms with Gasteiger partial charge in [0.15, 0.2) is 0 Å². The van der Waals surface area contributed by atoms with E-state index in [9.17, 15) is 9.59 Å². The molecule has 0 saturated carbocycles. The van der Waals surface area contributed by atoms with Crippen LogP contribution in [-0.4, -0.2) is 67.5 Å². The Morgan fingerprint density at radius 2 is 2.19 bits per heavy atom. The zero-order valence-corrected chi connectivity index (χ0v) is 17.0. The van der Waals surface area contributed by atoms with Gasteiger partial charge in [0.25, 0.3) is 0 Å². The number of carbonyl (C=O) groups excluding carboxylic acids is 2. The van der Waals surface area contributed by atoms with E-state index >= 15 is 0 Å². The minimum absolute atomic E-state index is 0. The highest BCUT2D eigenvalue weighted by molar-refractivity contribution is 5.85. The van der Waals surface area contributed by atoms with E-state index in [1.807, 2.05) is 34.1 Å². The molecule has 3 rings (SSSR count). The Kier molecular flexibility index (Phi) is 7.92. The number of halogens is 1. The van der Waals surface area contributed by atoms with Gasteiger partial charge in [0.1, 0.15) is 5.75 Å². The van der Waals surface area contributed by atoms with E-state index in [1.54, 1.807) is 7.11 Å². The predicted molar refractivity (Wildman–Crippen MR) is 107 cm³/mol. The van der Waals surface area contributed by atoms with Crippen molar-refractivity contribution in [2.24, 2.45) is 0 Å². The van der Waals surface area contributed by atoms with Crippen LogP contribution in [0.5, 0.6) is 5.75 Å². The van der Waals surface area contributed by atoms with Gasteiger partial charge in [-0.3, -0.25) is 9.59 Å². The number of hydrogen-bond donors (Lipinski definition) is 1. The van der Waals surface area contributed by atoms with Crippen LogP contribution >= 0.6 is 12.4 Å². The van der Waals surface area contributed by atoms with E-state index in [0.717, 1.165) is 43.8 Å². The maximum absolute atomic E-state index is 12.8. The van der Waals surface area contributed by atoms with E-state index in [4.69, 9.17) is 4.74 Å². The highest BCUT2D eigenvalue weighted by Gasteiger charge is 2.31. The first kappa shape index (κ1) is 21.5. The number of ether oxygens (including phenoxy) is 1. The van der Waals surface area contributed by atoms with Crippen LogP contribution < -0.4 is 10.1 Å². The van der Waals surface area contributed by atoms with Crippen LogP contribution in [0.25, 0.3) is 0 Å². The molecule has 2 unspecified atom stereocenters. The third-order valence-corrected chi connectivity index (χ3v) is 5.46. The Labute approximate surface area is 167 Å². The third kappa shape index (κ3) is 5.36. The number of carbonyl (C=O) groups is 2. The number of nitrogens with zero attached hydrogens (tertiary/aromatic N) is 2. The standard InChI is InChI=1S/C20H29N3O3.ClH/c1-15(16-5-3-7-18(12-16)26-2)11-19(24)22-9-4-6-17(14-22)23-10-8-21-13-20(23)25;/h3,5,7,12,15,17,21H,4,6,8-11,13-14H2,1-2H3;1H. The zero-order valence-electron chi connectivity index (χ0n) is 16.1. The molecule has 150 valence electrons. The van der Waals surface area contributed by atoms with Gasteiger partial charge < -0.3 is 19.9 Å². The molecule has 2 fully saturated rings. The van der Waals surface area contributed by atoms with Gasteiger partial charge in [-0.05, 0) is 36.5 Å². The van der Waals surface area contributed by atoms with Gasteiger partial charge in [-0.2, -0.15) is 0 Å². The minimum atomic E-state index is 0. The summed E-state index contributed by atoms with van der Waals surface area (Å²) in [5.41, 5.74) is 1.11. The van der Waals surface area contributed by atoms with Crippen LogP contribution in [0.4, 0.5) is 0 Å². The van der Waals surface area contributed by atoms with Crippen LogP contribution in [0.2, 0.25) is 0 Å². The molecule has 6 nitrogen and oxygen atoms in total. The van der Waals surface area contributed by atoms with Crippen LogP contribution in [0.3, 0.4) is 0 Å². The van der Waals surface area contributed by atoms with Crippen molar-refractivity contribution in [3.05, 3.63) is 29.8 Å². The Hall–Kier alpha value is -1.79. The summed E-state index contributed by atoms with van der Waals surface area (Å²) < 4.78 is 5.28. The predicted octanol–water partition coefficient (Wildman–Crippen LogP) is 2.03. The summed E-state index contributed by atoms with van der Waals surface area (Å²) in [5, 5.41) is 3.11. The lowest BCUT2D eigenvalue weighted by Gasteiger charge is -2.41. The number of piperazine rings is 1. The number of hydrogen-bond acceptors (Lipinski definition) is 4. The monoisotopic (exact) mass is 395 g/mol. The molecule has 0 aromatic heterocycles. The topological polar surface area (TPSA) is 61.9 Å². The lowest BCUT2D eigenvalue weighted by atomic mass is 9.95. The summed E-state index contributed by atoms with van der Waals surface area (Å²) in [4.78, 5) is 28.9. The van der Waals surface area contributed by atoms with Gasteiger partial charge in [0.2, 0.25) is 11.8 Å². The molecule has 2 aliphatic rings. The number of methoxy groups -OCH3 is 1. The summed E-state index contributed by atoms with van der Waals surface area (Å²) in [6.07, 6.45) is 2.43. The average Bonchev–Trinajstić information content (AvgIpc) is 2.68. The fourth-order valence-electron chi connectivity index (χ4n) is 3.90. The Balaban J connectivity index is 0.00000261. The molecule has 0 spiro atoms. The molecule has 1 N–H and O–H groups in total. The maximum Gasteiger partial charge on any atom is 0.236 e. The van der Waals surface area contributed by atoms with E-state index < -0.39 is 0 Å². The number of likely N-dealkylation sites (tertiary alicyclic amines) is 1. The SMILES string of the molecule is COc1cccc(C(C)CC(=O)N2CCCC(N3CCNCC3=O)C2)c1.Cl. The molecule has 1 aromatic carbocycles. The molecule has 0 aliphatic carbocycles. The van der Waals surface area contributed by atoms with E-state index in [0.29, 0.717) is 19.5 Å². The molecular formula is C20H30ClN3O3. The third-order valence-electron chi connectivity index (χ3n) is 5.46. The molecule has 2 atom stereocenters. The lowest BCUT2D eigenvalue weighted by Crippen LogP contribution is -2.57. The molecule has 7 heteroatoms. The highest BCUT2D eigenvalue weighted by Crippen LogP contribution is 2.25. The van der Waals surface area contributed by atoms with E-state index in [1.165, 1.54) is 0 Å². The molecule has 2 amide bonds. The molecule has 0 radical (unpaired) electrons. The average molecular weight is 396 g/mol. The summed E-state index contributed by atoms with van der Waals surface area (Å²) in [6.45, 7) is 5.52. The van der Waals surface area contributed by atoms with E-state index in [-0.39, 0.29) is 36.2 Å². The van der Waals surface area contributed by atoms with Crippen LogP contribution in [0.15, 0.2) is 24.3 Å². The van der Waals surface area contributed by atoms with E-state index in [2.05, 4.69) is 12.2 Å². The van der Waals surface area contributed by atoms with Gasteiger partial charge >= 0.3 is 0 Å². The molecule has 2 aliphatic heterocycles. The normalized spacial score (nSPS) is 21.4. The Morgan fingerprint density at radius 3 is 2.93 bits per heavy atom. The van der Waals surface area contributed by atoms with Gasteiger partial charge in [0, 0.05) is 38.6 Å². The second-order valence-corrected chi connectivity index (χ2v) is 7.28. The first-order chi connectivity index (χ1) is 12.6. The smallest absolute Gasteiger partial charge is 0.236 e. The molecule has 1 aromatic rings. The zero-order chi connectivity index (χ0) is 18.5. The van der Waals surface area contributed by atoms with Crippen molar-refractivity contribution in [3.63, 3.8) is 0 Å². The largest absolute Gasteiger partial charge is 0.497 e. The molecule has 2 heterocycles. The van der Waals surface area contributed by atoms with Crippen LogP contribution in [0, 0.1) is 0 Å². The van der Waals surface area contributed by atoms with Crippen LogP contribution in [0.1, 0.15) is 37.7 Å². The van der Waals surface area contributed by atoms with Gasteiger partial charge in [-0.15, -0.1) is 12.4 Å². The fourth-order valence-corrected chi connectivity index (χ4v) is 3.90. The Bertz CT molecular complexity index is 655. The summed E-state index contributed by atoms with van der Waals surface area (Å²) in [6, 6.07) is 8.07. The second-order valence-electron chi connectivity index (χ2n) is 7.28. The second kappa shape index (κ2) is 9.95. The maximum atomic E-state index is 12.8. The molecule has 0 bridgehead atoms. The van der Waals surface area contributed by atoms with Crippen molar-refractivity contribution >= 4 is 24.2 Å². The number of amides is 2. The highest BCUT2D eigenvalue weighted by atomic mass is 35.5. The van der Waals surface area contributed by atoms with Crippen molar-refractivity contribution in [1.29, 1.82) is 0 Å². The summed E-state index contributed by atoms with van der Waals surface area (Å²) in [5.74, 6) is 1.28. The van der Waals surface area contributed by atoms with Crippen molar-refractivity contribution in [1.82, 2.24) is 15.1 Å².